The number of rotatable bonds is 9. The van der Waals surface area contributed by atoms with Crippen LogP contribution in [0.2, 0.25) is 0 Å². The molecule has 4 aromatic rings. The van der Waals surface area contributed by atoms with Gasteiger partial charge in [0, 0.05) is 24.3 Å². The number of aldehydes is 1. The molecule has 2 aliphatic rings. The number of aryl methyl sites for hydroxylation is 1. The van der Waals surface area contributed by atoms with Crippen LogP contribution in [0.1, 0.15) is 43.4 Å². The third-order valence-corrected chi connectivity index (χ3v) is 9.61. The van der Waals surface area contributed by atoms with Crippen molar-refractivity contribution in [2.75, 3.05) is 11.9 Å². The van der Waals surface area contributed by atoms with Crippen molar-refractivity contribution in [1.82, 2.24) is 5.32 Å². The van der Waals surface area contributed by atoms with Gasteiger partial charge in [0.1, 0.15) is 29.3 Å². The van der Waals surface area contributed by atoms with Gasteiger partial charge in [0.2, 0.25) is 17.7 Å². The van der Waals surface area contributed by atoms with Crippen LogP contribution in [0.3, 0.4) is 0 Å². The predicted molar refractivity (Wildman–Crippen MR) is 179 cm³/mol. The summed E-state index contributed by atoms with van der Waals surface area (Å²) in [5.74, 6) is -0.599. The Morgan fingerprint density at radius 1 is 0.723 bits per heavy atom. The van der Waals surface area contributed by atoms with Crippen LogP contribution in [0.4, 0.5) is 5.69 Å². The highest BCUT2D eigenvalue weighted by atomic mass is 16.5. The number of ether oxygens (including phenoxy) is 2. The van der Waals surface area contributed by atoms with Crippen LogP contribution in [0, 0.1) is 30.6 Å². The number of anilines is 1. The lowest BCUT2D eigenvalue weighted by Gasteiger charge is -2.32. The molecule has 1 saturated carbocycles. The molecular weight excluding hydrogens is 592 g/mol. The van der Waals surface area contributed by atoms with E-state index in [-0.39, 0.29) is 36.0 Å². The number of nitrogens with zero attached hydrogens (tertiary/aromatic N) is 1. The van der Waals surface area contributed by atoms with Gasteiger partial charge in [-0.2, -0.15) is 0 Å². The van der Waals surface area contributed by atoms with Crippen LogP contribution < -0.4 is 19.7 Å². The molecule has 1 N–H and O–H groups in total. The number of fused-ring (bicyclic) bond motifs is 1. The Morgan fingerprint density at radius 2 is 1.15 bits per heavy atom. The minimum Gasteiger partial charge on any atom is -0.457 e. The number of nitrogens with one attached hydrogen (secondary N) is 1. The highest BCUT2D eigenvalue weighted by Crippen LogP contribution is 2.45. The lowest BCUT2D eigenvalue weighted by Crippen LogP contribution is -2.41. The molecule has 0 radical (unpaired) electrons. The number of amides is 3. The van der Waals surface area contributed by atoms with Gasteiger partial charge in [-0.15, -0.1) is 0 Å². The van der Waals surface area contributed by atoms with E-state index in [4.69, 9.17) is 9.47 Å². The second kappa shape index (κ2) is 12.9. The van der Waals surface area contributed by atoms with Gasteiger partial charge in [0.15, 0.2) is 0 Å². The Balaban J connectivity index is 1.10. The molecule has 0 bridgehead atoms. The number of hydrogen-bond acceptors (Lipinski definition) is 6. The summed E-state index contributed by atoms with van der Waals surface area (Å²) in [5.41, 5.74) is 3.63. The zero-order chi connectivity index (χ0) is 33.3. The van der Waals surface area contributed by atoms with Crippen molar-refractivity contribution in [1.29, 1.82) is 0 Å². The molecule has 3 amide bonds. The fourth-order valence-electron chi connectivity index (χ4n) is 6.70. The molecule has 4 atom stereocenters. The zero-order valence-electron chi connectivity index (χ0n) is 26.9. The Kier molecular flexibility index (Phi) is 8.69. The van der Waals surface area contributed by atoms with Gasteiger partial charge in [0.25, 0.3) is 0 Å². The maximum atomic E-state index is 13.3. The van der Waals surface area contributed by atoms with Crippen LogP contribution in [0.5, 0.6) is 23.0 Å². The molecule has 1 aliphatic carbocycles. The summed E-state index contributed by atoms with van der Waals surface area (Å²) in [6.45, 7) is 6.39. The number of carbonyl (C=O) groups excluding carboxylic acids is 4. The summed E-state index contributed by atoms with van der Waals surface area (Å²) in [4.78, 5) is 51.9. The molecule has 47 heavy (non-hydrogen) atoms. The molecule has 1 saturated heterocycles. The van der Waals surface area contributed by atoms with Crippen molar-refractivity contribution < 1.29 is 28.7 Å². The van der Waals surface area contributed by atoms with E-state index in [1.54, 1.807) is 24.3 Å². The van der Waals surface area contributed by atoms with Crippen molar-refractivity contribution in [3.8, 4) is 23.0 Å². The molecule has 8 heteroatoms. The second-order valence-corrected chi connectivity index (χ2v) is 12.9. The third-order valence-electron chi connectivity index (χ3n) is 9.61. The summed E-state index contributed by atoms with van der Waals surface area (Å²) >= 11 is 0. The minimum absolute atomic E-state index is 0.177. The first-order valence-electron chi connectivity index (χ1n) is 15.9. The number of hydrogen-bond donors (Lipinski definition) is 1. The quantitative estimate of drug-likeness (QED) is 0.158. The molecule has 0 spiro atoms. The highest BCUT2D eigenvalue weighted by Gasteiger charge is 2.54. The molecule has 4 aromatic carbocycles. The van der Waals surface area contributed by atoms with Gasteiger partial charge < -0.3 is 19.6 Å². The lowest BCUT2D eigenvalue weighted by molar-refractivity contribution is -0.135. The number of imide groups is 1. The normalized spacial score (nSPS) is 20.8. The van der Waals surface area contributed by atoms with Crippen LogP contribution in [-0.2, 0) is 24.6 Å². The molecule has 4 unspecified atom stereocenters. The average Bonchev–Trinajstić information content (AvgIpc) is 3.33. The van der Waals surface area contributed by atoms with Crippen LogP contribution in [0.15, 0.2) is 97.1 Å². The fraction of sp³-hybridized carbons (Fsp3) is 0.282. The maximum absolute atomic E-state index is 13.3. The second-order valence-electron chi connectivity index (χ2n) is 12.9. The van der Waals surface area contributed by atoms with Crippen molar-refractivity contribution >= 4 is 29.7 Å². The SMILES string of the molecule is CNC(=O)C1CC2C(=O)N(c3ccc(Oc4ccc(C(C)(C)c5ccc(Oc6ccc(C)cc6)cc5)cc4)cc3)C(=O)C2CC1C=O. The molecule has 1 heterocycles. The molecule has 8 nitrogen and oxygen atoms in total. The molecule has 240 valence electrons. The first kappa shape index (κ1) is 31.7. The summed E-state index contributed by atoms with van der Waals surface area (Å²) in [6.07, 6.45) is 1.10. The van der Waals surface area contributed by atoms with Gasteiger partial charge >= 0.3 is 0 Å². The van der Waals surface area contributed by atoms with E-state index < -0.39 is 23.7 Å². The van der Waals surface area contributed by atoms with Crippen molar-refractivity contribution in [2.45, 2.75) is 39.0 Å². The van der Waals surface area contributed by atoms with Crippen LogP contribution in [0.25, 0.3) is 0 Å². The molecule has 1 aliphatic heterocycles. The molecule has 0 aromatic heterocycles. The van der Waals surface area contributed by atoms with Gasteiger partial charge in [-0.05, 0) is 91.6 Å². The standard InChI is InChI=1S/C39H38N2O6/c1-24-5-13-29(14-6-24)46-30-15-7-26(8-16-30)39(2,3)27-9-17-31(18-10-27)47-32-19-11-28(12-20-32)41-37(44)34-21-25(23-42)33(36(43)40-4)22-35(34)38(41)45/h5-20,23,25,33-35H,21-22H2,1-4H3,(H,40,43). The van der Waals surface area contributed by atoms with Gasteiger partial charge in [0.05, 0.1) is 17.5 Å². The first-order valence-corrected chi connectivity index (χ1v) is 15.9. The van der Waals surface area contributed by atoms with E-state index in [9.17, 15) is 19.2 Å². The van der Waals surface area contributed by atoms with E-state index in [1.807, 2.05) is 67.6 Å². The van der Waals surface area contributed by atoms with Gasteiger partial charge in [-0.1, -0.05) is 55.8 Å². The summed E-state index contributed by atoms with van der Waals surface area (Å²) in [6, 6.07) is 30.8. The number of benzene rings is 4. The molecule has 6 rings (SSSR count). The Hall–Kier alpha value is -5.24. The zero-order valence-corrected chi connectivity index (χ0v) is 26.9. The van der Waals surface area contributed by atoms with Crippen molar-refractivity contribution in [3.63, 3.8) is 0 Å². The maximum Gasteiger partial charge on any atom is 0.237 e. The van der Waals surface area contributed by atoms with Crippen molar-refractivity contribution in [2.24, 2.45) is 23.7 Å². The average molecular weight is 631 g/mol. The summed E-state index contributed by atoms with van der Waals surface area (Å²) < 4.78 is 12.1. The summed E-state index contributed by atoms with van der Waals surface area (Å²) in [7, 11) is 1.51. The minimum atomic E-state index is -0.621. The Labute approximate surface area is 274 Å². The van der Waals surface area contributed by atoms with E-state index in [0.717, 1.165) is 28.9 Å². The monoisotopic (exact) mass is 630 g/mol. The largest absolute Gasteiger partial charge is 0.457 e. The number of carbonyl (C=O) groups is 4. The van der Waals surface area contributed by atoms with Crippen LogP contribution >= 0.6 is 0 Å². The van der Waals surface area contributed by atoms with Crippen molar-refractivity contribution in [3.05, 3.63) is 114 Å². The predicted octanol–water partition coefficient (Wildman–Crippen LogP) is 6.98. The van der Waals surface area contributed by atoms with Gasteiger partial charge in [-0.25, -0.2) is 0 Å². The lowest BCUT2D eigenvalue weighted by atomic mass is 9.69. The Morgan fingerprint density at radius 3 is 1.60 bits per heavy atom. The smallest absolute Gasteiger partial charge is 0.237 e. The van der Waals surface area contributed by atoms with E-state index in [2.05, 4.69) is 31.3 Å². The molecule has 2 fully saturated rings. The molecular formula is C39H38N2O6. The highest BCUT2D eigenvalue weighted by molar-refractivity contribution is 6.22. The third kappa shape index (κ3) is 6.28. The van der Waals surface area contributed by atoms with E-state index in [0.29, 0.717) is 17.2 Å². The van der Waals surface area contributed by atoms with Crippen LogP contribution in [-0.4, -0.2) is 31.1 Å². The Bertz CT molecular complexity index is 1780. The van der Waals surface area contributed by atoms with E-state index >= 15 is 0 Å². The first-order chi connectivity index (χ1) is 22.6. The van der Waals surface area contributed by atoms with Gasteiger partial charge in [-0.3, -0.25) is 19.3 Å². The topological polar surface area (TPSA) is 102 Å². The van der Waals surface area contributed by atoms with E-state index in [1.165, 1.54) is 17.5 Å². The summed E-state index contributed by atoms with van der Waals surface area (Å²) in [5, 5.41) is 2.58. The fourth-order valence-corrected chi connectivity index (χ4v) is 6.70.